The molecule has 5 heteroatoms. The Morgan fingerprint density at radius 2 is 2.14 bits per heavy atom. The van der Waals surface area contributed by atoms with Crippen LogP contribution < -0.4 is 5.32 Å². The second-order valence-corrected chi connectivity index (χ2v) is 6.60. The Hall–Kier alpha value is -1.33. The lowest BCUT2D eigenvalue weighted by Crippen LogP contribution is -2.48. The standard InChI is InChI=1S/C16H20BrNO3/c1-10(2)9-18-16(3,15(19)20-4)14-8-11-7-12(17)5-6-13(11)21-14/h5-8,10,18H,9H2,1-4H3. The number of benzene rings is 1. The van der Waals surface area contributed by atoms with Gasteiger partial charge in [0.25, 0.3) is 0 Å². The third kappa shape index (κ3) is 3.30. The fourth-order valence-corrected chi connectivity index (χ4v) is 2.51. The Morgan fingerprint density at radius 3 is 2.76 bits per heavy atom. The van der Waals surface area contributed by atoms with E-state index in [2.05, 4.69) is 35.1 Å². The van der Waals surface area contributed by atoms with Crippen LogP contribution in [0.4, 0.5) is 0 Å². The molecule has 0 aliphatic carbocycles. The number of rotatable bonds is 5. The van der Waals surface area contributed by atoms with E-state index in [4.69, 9.17) is 9.15 Å². The van der Waals surface area contributed by atoms with Crippen LogP contribution in [0, 0.1) is 5.92 Å². The molecule has 4 nitrogen and oxygen atoms in total. The molecule has 0 fully saturated rings. The SMILES string of the molecule is COC(=O)C(C)(NCC(C)C)c1cc2cc(Br)ccc2o1. The first kappa shape index (κ1) is 16.0. The van der Waals surface area contributed by atoms with Gasteiger partial charge < -0.3 is 9.15 Å². The van der Waals surface area contributed by atoms with Gasteiger partial charge in [-0.2, -0.15) is 0 Å². The number of furan rings is 1. The van der Waals surface area contributed by atoms with Crippen molar-refractivity contribution in [1.29, 1.82) is 0 Å². The zero-order valence-corrected chi connectivity index (χ0v) is 14.3. The van der Waals surface area contributed by atoms with Crippen molar-refractivity contribution in [3.63, 3.8) is 0 Å². The summed E-state index contributed by atoms with van der Waals surface area (Å²) >= 11 is 3.44. The van der Waals surface area contributed by atoms with Crippen molar-refractivity contribution in [3.8, 4) is 0 Å². The zero-order chi connectivity index (χ0) is 15.6. The second kappa shape index (κ2) is 6.20. The van der Waals surface area contributed by atoms with Crippen molar-refractivity contribution in [2.45, 2.75) is 26.3 Å². The quantitative estimate of drug-likeness (QED) is 0.830. The summed E-state index contributed by atoms with van der Waals surface area (Å²) < 4.78 is 11.8. The number of esters is 1. The molecule has 114 valence electrons. The van der Waals surface area contributed by atoms with Gasteiger partial charge in [-0.05, 0) is 43.7 Å². The lowest BCUT2D eigenvalue weighted by molar-refractivity contribution is -0.149. The largest absolute Gasteiger partial charge is 0.467 e. The molecule has 0 saturated heterocycles. The predicted octanol–water partition coefficient (Wildman–Crippen LogP) is 3.83. The normalized spacial score (nSPS) is 14.4. The van der Waals surface area contributed by atoms with Gasteiger partial charge in [0.2, 0.25) is 0 Å². The van der Waals surface area contributed by atoms with Crippen LogP contribution in [-0.2, 0) is 15.1 Å². The summed E-state index contributed by atoms with van der Waals surface area (Å²) in [5.41, 5.74) is -0.250. The molecular weight excluding hydrogens is 334 g/mol. The molecule has 1 aromatic carbocycles. The van der Waals surface area contributed by atoms with Gasteiger partial charge in [0, 0.05) is 9.86 Å². The van der Waals surface area contributed by atoms with Crippen LogP contribution in [0.25, 0.3) is 11.0 Å². The van der Waals surface area contributed by atoms with E-state index in [0.29, 0.717) is 18.2 Å². The number of hydrogen-bond donors (Lipinski definition) is 1. The van der Waals surface area contributed by atoms with E-state index in [1.165, 1.54) is 7.11 Å². The van der Waals surface area contributed by atoms with Crippen LogP contribution >= 0.6 is 15.9 Å². The second-order valence-electron chi connectivity index (χ2n) is 5.68. The maximum atomic E-state index is 12.2. The number of methoxy groups -OCH3 is 1. The van der Waals surface area contributed by atoms with E-state index in [-0.39, 0.29) is 5.97 Å². The van der Waals surface area contributed by atoms with Gasteiger partial charge in [-0.15, -0.1) is 0 Å². The monoisotopic (exact) mass is 353 g/mol. The molecule has 0 amide bonds. The van der Waals surface area contributed by atoms with E-state index in [1.54, 1.807) is 6.92 Å². The number of carbonyl (C=O) groups excluding carboxylic acids is 1. The molecule has 0 saturated carbocycles. The number of halogens is 1. The summed E-state index contributed by atoms with van der Waals surface area (Å²) in [7, 11) is 1.39. The highest BCUT2D eigenvalue weighted by Crippen LogP contribution is 2.30. The van der Waals surface area contributed by atoms with E-state index < -0.39 is 5.54 Å². The molecule has 1 heterocycles. The number of carbonyl (C=O) groups is 1. The minimum atomic E-state index is -0.996. The highest BCUT2D eigenvalue weighted by molar-refractivity contribution is 9.10. The van der Waals surface area contributed by atoms with Crippen LogP contribution in [0.5, 0.6) is 0 Å². The Balaban J connectivity index is 2.44. The summed E-state index contributed by atoms with van der Waals surface area (Å²) in [5.74, 6) is 0.608. The molecule has 1 N–H and O–H groups in total. The average Bonchev–Trinajstić information content (AvgIpc) is 2.87. The lowest BCUT2D eigenvalue weighted by Gasteiger charge is -2.26. The molecular formula is C16H20BrNO3. The molecule has 0 aliphatic heterocycles. The zero-order valence-electron chi connectivity index (χ0n) is 12.7. The van der Waals surface area contributed by atoms with Crippen molar-refractivity contribution in [2.75, 3.05) is 13.7 Å². The number of fused-ring (bicyclic) bond motifs is 1. The molecule has 2 rings (SSSR count). The van der Waals surface area contributed by atoms with Gasteiger partial charge in [0.05, 0.1) is 7.11 Å². The van der Waals surface area contributed by atoms with E-state index in [0.717, 1.165) is 15.4 Å². The Morgan fingerprint density at radius 1 is 1.43 bits per heavy atom. The molecule has 1 aromatic heterocycles. The summed E-state index contributed by atoms with van der Waals surface area (Å²) in [5, 5.41) is 4.20. The third-order valence-corrected chi connectivity index (χ3v) is 3.92. The Bertz CT molecular complexity index is 650. The van der Waals surface area contributed by atoms with E-state index >= 15 is 0 Å². The summed E-state index contributed by atoms with van der Waals surface area (Å²) in [6.07, 6.45) is 0. The lowest BCUT2D eigenvalue weighted by atomic mass is 9.97. The van der Waals surface area contributed by atoms with Crippen molar-refractivity contribution in [1.82, 2.24) is 5.32 Å². The minimum absolute atomic E-state index is 0.360. The number of ether oxygens (including phenoxy) is 1. The fraction of sp³-hybridized carbons (Fsp3) is 0.438. The summed E-state index contributed by atoms with van der Waals surface area (Å²) in [6.45, 7) is 6.64. The maximum Gasteiger partial charge on any atom is 0.333 e. The average molecular weight is 354 g/mol. The maximum absolute atomic E-state index is 12.2. The fourth-order valence-electron chi connectivity index (χ4n) is 2.13. The third-order valence-electron chi connectivity index (χ3n) is 3.43. The molecule has 0 aliphatic rings. The number of nitrogens with one attached hydrogen (secondary N) is 1. The van der Waals surface area contributed by atoms with Gasteiger partial charge in [0.15, 0.2) is 5.54 Å². The molecule has 1 unspecified atom stereocenters. The van der Waals surface area contributed by atoms with Gasteiger partial charge in [-0.25, -0.2) is 4.79 Å². The van der Waals surface area contributed by atoms with Crippen molar-refractivity contribution >= 4 is 32.9 Å². The molecule has 0 spiro atoms. The van der Waals surface area contributed by atoms with Crippen molar-refractivity contribution in [2.24, 2.45) is 5.92 Å². The van der Waals surface area contributed by atoms with Gasteiger partial charge in [-0.1, -0.05) is 29.8 Å². The summed E-state index contributed by atoms with van der Waals surface area (Å²) in [4.78, 5) is 12.2. The van der Waals surface area contributed by atoms with Crippen LogP contribution in [0.3, 0.4) is 0 Å². The van der Waals surface area contributed by atoms with E-state index in [1.807, 2.05) is 24.3 Å². The van der Waals surface area contributed by atoms with Crippen molar-refractivity contribution < 1.29 is 13.9 Å². The molecule has 2 aromatic rings. The first-order valence-electron chi connectivity index (χ1n) is 6.90. The topological polar surface area (TPSA) is 51.5 Å². The van der Waals surface area contributed by atoms with Crippen LogP contribution in [0.2, 0.25) is 0 Å². The predicted molar refractivity (Wildman–Crippen MR) is 86.1 cm³/mol. The molecule has 1 atom stereocenters. The van der Waals surface area contributed by atoms with E-state index in [9.17, 15) is 4.79 Å². The molecule has 21 heavy (non-hydrogen) atoms. The highest BCUT2D eigenvalue weighted by Gasteiger charge is 2.39. The first-order chi connectivity index (χ1) is 9.86. The van der Waals surface area contributed by atoms with Crippen LogP contribution in [0.15, 0.2) is 33.2 Å². The molecule has 0 bridgehead atoms. The minimum Gasteiger partial charge on any atom is -0.467 e. The highest BCUT2D eigenvalue weighted by atomic mass is 79.9. The van der Waals surface area contributed by atoms with Crippen LogP contribution in [-0.4, -0.2) is 19.6 Å². The molecule has 0 radical (unpaired) electrons. The smallest absolute Gasteiger partial charge is 0.333 e. The van der Waals surface area contributed by atoms with Crippen molar-refractivity contribution in [3.05, 3.63) is 34.5 Å². The van der Waals surface area contributed by atoms with Crippen LogP contribution in [0.1, 0.15) is 26.5 Å². The van der Waals surface area contributed by atoms with Gasteiger partial charge in [0.1, 0.15) is 11.3 Å². The summed E-state index contributed by atoms with van der Waals surface area (Å²) in [6, 6.07) is 7.63. The van der Waals surface area contributed by atoms with Gasteiger partial charge >= 0.3 is 5.97 Å². The van der Waals surface area contributed by atoms with Gasteiger partial charge in [-0.3, -0.25) is 5.32 Å². The first-order valence-corrected chi connectivity index (χ1v) is 7.69. The number of hydrogen-bond acceptors (Lipinski definition) is 4. The Labute approximate surface area is 133 Å². The Kier molecular flexibility index (Phi) is 4.74.